The van der Waals surface area contributed by atoms with E-state index in [1.54, 1.807) is 24.3 Å². The van der Waals surface area contributed by atoms with E-state index in [0.29, 0.717) is 17.7 Å². The summed E-state index contributed by atoms with van der Waals surface area (Å²) in [6.45, 7) is 3.37. The maximum atomic E-state index is 12.4. The summed E-state index contributed by atoms with van der Waals surface area (Å²) in [4.78, 5) is 35.3. The van der Waals surface area contributed by atoms with Gasteiger partial charge in [-0.05, 0) is 18.6 Å². The van der Waals surface area contributed by atoms with Crippen molar-refractivity contribution >= 4 is 23.5 Å². The zero-order chi connectivity index (χ0) is 16.5. The van der Waals surface area contributed by atoms with Gasteiger partial charge in [0.1, 0.15) is 6.04 Å². The number of nitrogens with one attached hydrogen (secondary N) is 2. The van der Waals surface area contributed by atoms with Crippen molar-refractivity contribution in [3.63, 3.8) is 0 Å². The number of carbonyl (C=O) groups is 3. The van der Waals surface area contributed by atoms with Crippen LogP contribution in [0.3, 0.4) is 0 Å². The lowest BCUT2D eigenvalue weighted by atomic mass is 10.1. The highest BCUT2D eigenvalue weighted by molar-refractivity contribution is 6.04. The van der Waals surface area contributed by atoms with Crippen molar-refractivity contribution in [3.8, 4) is 0 Å². The van der Waals surface area contributed by atoms with Gasteiger partial charge in [0.25, 0.3) is 5.91 Å². The average molecular weight is 306 g/mol. The first-order valence-electron chi connectivity index (χ1n) is 7.24. The molecule has 1 atom stereocenters. The molecule has 22 heavy (non-hydrogen) atoms. The molecule has 0 unspecified atom stereocenters. The van der Waals surface area contributed by atoms with Gasteiger partial charge in [-0.15, -0.1) is 0 Å². The molecule has 120 valence electrons. The molecule has 1 rings (SSSR count). The summed E-state index contributed by atoms with van der Waals surface area (Å²) >= 11 is 0. The lowest BCUT2D eigenvalue weighted by Gasteiger charge is -2.17. The van der Waals surface area contributed by atoms with Crippen molar-refractivity contribution in [1.29, 1.82) is 0 Å². The molecule has 1 aromatic carbocycles. The summed E-state index contributed by atoms with van der Waals surface area (Å²) in [5.41, 5.74) is 0.717. The van der Waals surface area contributed by atoms with Crippen LogP contribution < -0.4 is 10.6 Å². The predicted molar refractivity (Wildman–Crippen MR) is 83.5 cm³/mol. The van der Waals surface area contributed by atoms with Crippen LogP contribution in [0.2, 0.25) is 0 Å². The van der Waals surface area contributed by atoms with Gasteiger partial charge in [-0.2, -0.15) is 0 Å². The number of esters is 1. The Balaban J connectivity index is 2.89. The summed E-state index contributed by atoms with van der Waals surface area (Å²) in [5.74, 6) is -1.16. The van der Waals surface area contributed by atoms with E-state index in [2.05, 4.69) is 10.6 Å². The molecule has 0 saturated heterocycles. The monoisotopic (exact) mass is 306 g/mol. The predicted octanol–water partition coefficient (Wildman–Crippen LogP) is 2.11. The molecule has 0 aromatic heterocycles. The summed E-state index contributed by atoms with van der Waals surface area (Å²) in [7, 11) is 1.29. The van der Waals surface area contributed by atoms with Crippen molar-refractivity contribution in [2.24, 2.45) is 0 Å². The molecule has 0 saturated carbocycles. The molecular weight excluding hydrogens is 284 g/mol. The Hall–Kier alpha value is -2.37. The Bertz CT molecular complexity index is 543. The van der Waals surface area contributed by atoms with Crippen LogP contribution in [0.1, 0.15) is 43.5 Å². The van der Waals surface area contributed by atoms with Gasteiger partial charge >= 0.3 is 5.97 Å². The number of para-hydroxylation sites is 1. The first kappa shape index (κ1) is 17.7. The van der Waals surface area contributed by atoms with Crippen molar-refractivity contribution in [3.05, 3.63) is 29.8 Å². The van der Waals surface area contributed by atoms with Gasteiger partial charge in [-0.1, -0.05) is 31.9 Å². The van der Waals surface area contributed by atoms with Crippen molar-refractivity contribution in [2.75, 3.05) is 12.4 Å². The lowest BCUT2D eigenvalue weighted by molar-refractivity contribution is -0.143. The Labute approximate surface area is 130 Å². The van der Waals surface area contributed by atoms with Gasteiger partial charge in [0.05, 0.1) is 18.4 Å². The fraction of sp³-hybridized carbons (Fsp3) is 0.438. The third-order valence-corrected chi connectivity index (χ3v) is 3.12. The molecule has 0 radical (unpaired) electrons. The third kappa shape index (κ3) is 5.20. The summed E-state index contributed by atoms with van der Waals surface area (Å²) in [6, 6.07) is 5.95. The fourth-order valence-electron chi connectivity index (χ4n) is 2.02. The molecule has 6 nitrogen and oxygen atoms in total. The zero-order valence-corrected chi connectivity index (χ0v) is 13.1. The number of carbonyl (C=O) groups excluding carboxylic acids is 3. The second-order valence-electron chi connectivity index (χ2n) is 4.92. The van der Waals surface area contributed by atoms with Gasteiger partial charge < -0.3 is 15.4 Å². The maximum absolute atomic E-state index is 12.4. The maximum Gasteiger partial charge on any atom is 0.328 e. The van der Waals surface area contributed by atoms with Crippen LogP contribution in [0.5, 0.6) is 0 Å². The molecule has 0 fully saturated rings. The number of hydrogen-bond donors (Lipinski definition) is 2. The van der Waals surface area contributed by atoms with Crippen LogP contribution in [0.15, 0.2) is 24.3 Å². The summed E-state index contributed by atoms with van der Waals surface area (Å²) in [6.07, 6.45) is 2.22. The van der Waals surface area contributed by atoms with E-state index in [4.69, 9.17) is 4.74 Å². The first-order chi connectivity index (χ1) is 10.5. The number of methoxy groups -OCH3 is 1. The van der Waals surface area contributed by atoms with Crippen LogP contribution in [0.25, 0.3) is 0 Å². The van der Waals surface area contributed by atoms with E-state index in [0.717, 1.165) is 12.8 Å². The molecule has 0 aliphatic heterocycles. The third-order valence-electron chi connectivity index (χ3n) is 3.12. The minimum atomic E-state index is -0.692. The van der Waals surface area contributed by atoms with Crippen LogP contribution in [0.4, 0.5) is 5.69 Å². The minimum Gasteiger partial charge on any atom is -0.467 e. The SMILES string of the molecule is CCCC[C@H](NC(=O)c1ccccc1NC(C)=O)C(=O)OC. The Morgan fingerprint density at radius 3 is 2.50 bits per heavy atom. The Kier molecular flexibility index (Phi) is 7.08. The summed E-state index contributed by atoms with van der Waals surface area (Å²) < 4.78 is 4.72. The van der Waals surface area contributed by atoms with E-state index in [-0.39, 0.29) is 5.91 Å². The Morgan fingerprint density at radius 1 is 1.23 bits per heavy atom. The largest absolute Gasteiger partial charge is 0.467 e. The topological polar surface area (TPSA) is 84.5 Å². The molecule has 2 N–H and O–H groups in total. The summed E-state index contributed by atoms with van der Waals surface area (Å²) in [5, 5.41) is 5.27. The molecule has 0 aliphatic rings. The normalized spacial score (nSPS) is 11.4. The minimum absolute atomic E-state index is 0.268. The van der Waals surface area contributed by atoms with E-state index in [1.807, 2.05) is 6.92 Å². The molecule has 0 bridgehead atoms. The van der Waals surface area contributed by atoms with Crippen molar-refractivity contribution in [2.45, 2.75) is 39.2 Å². The van der Waals surface area contributed by atoms with E-state index < -0.39 is 17.9 Å². The second kappa shape index (κ2) is 8.81. The molecule has 6 heteroatoms. The fourth-order valence-corrected chi connectivity index (χ4v) is 2.02. The Morgan fingerprint density at radius 2 is 1.91 bits per heavy atom. The van der Waals surface area contributed by atoms with Crippen molar-refractivity contribution < 1.29 is 19.1 Å². The van der Waals surface area contributed by atoms with Crippen molar-refractivity contribution in [1.82, 2.24) is 5.32 Å². The highest BCUT2D eigenvalue weighted by atomic mass is 16.5. The van der Waals surface area contributed by atoms with E-state index >= 15 is 0 Å². The van der Waals surface area contributed by atoms with Gasteiger partial charge in [0.2, 0.25) is 5.91 Å². The van der Waals surface area contributed by atoms with Crippen LogP contribution >= 0.6 is 0 Å². The molecule has 2 amide bonds. The zero-order valence-electron chi connectivity index (χ0n) is 13.1. The van der Waals surface area contributed by atoms with E-state index in [9.17, 15) is 14.4 Å². The van der Waals surface area contributed by atoms with Gasteiger partial charge in [-0.25, -0.2) is 4.79 Å². The van der Waals surface area contributed by atoms with E-state index in [1.165, 1.54) is 14.0 Å². The second-order valence-corrected chi connectivity index (χ2v) is 4.92. The molecule has 1 aromatic rings. The quantitative estimate of drug-likeness (QED) is 0.756. The lowest BCUT2D eigenvalue weighted by Crippen LogP contribution is -2.41. The average Bonchev–Trinajstić information content (AvgIpc) is 2.50. The smallest absolute Gasteiger partial charge is 0.328 e. The standard InChI is InChI=1S/C16H22N2O4/c1-4-5-9-14(16(21)22-3)18-15(20)12-8-6-7-10-13(12)17-11(2)19/h6-8,10,14H,4-5,9H2,1-3H3,(H,17,19)(H,18,20)/t14-/m0/s1. The highest BCUT2D eigenvalue weighted by Crippen LogP contribution is 2.15. The molecule has 0 aliphatic carbocycles. The van der Waals surface area contributed by atoms with Crippen LogP contribution in [-0.4, -0.2) is 30.9 Å². The number of hydrogen-bond acceptors (Lipinski definition) is 4. The number of rotatable bonds is 7. The van der Waals surface area contributed by atoms with Crippen LogP contribution in [-0.2, 0) is 14.3 Å². The first-order valence-corrected chi connectivity index (χ1v) is 7.24. The van der Waals surface area contributed by atoms with Crippen LogP contribution in [0, 0.1) is 0 Å². The highest BCUT2D eigenvalue weighted by Gasteiger charge is 2.22. The van der Waals surface area contributed by atoms with Gasteiger partial charge in [-0.3, -0.25) is 9.59 Å². The number of ether oxygens (including phenoxy) is 1. The number of amides is 2. The number of unbranched alkanes of at least 4 members (excludes halogenated alkanes) is 1. The molecule has 0 spiro atoms. The molecular formula is C16H22N2O4. The van der Waals surface area contributed by atoms with Gasteiger partial charge in [0.15, 0.2) is 0 Å². The molecule has 0 heterocycles. The number of anilines is 1. The van der Waals surface area contributed by atoms with Gasteiger partial charge in [0, 0.05) is 6.92 Å². The number of benzene rings is 1.